The summed E-state index contributed by atoms with van der Waals surface area (Å²) in [5.74, 6) is 0.904. The van der Waals surface area contributed by atoms with Gasteiger partial charge in [0.2, 0.25) is 11.8 Å². The average Bonchev–Trinajstić information content (AvgIpc) is 3.72. The average molecular weight is 628 g/mol. The van der Waals surface area contributed by atoms with Crippen LogP contribution in [0.3, 0.4) is 0 Å². The van der Waals surface area contributed by atoms with Crippen LogP contribution in [0, 0.1) is 0 Å². The number of fused-ring (bicyclic) bond motifs is 1. The van der Waals surface area contributed by atoms with E-state index in [9.17, 15) is 18.0 Å². The summed E-state index contributed by atoms with van der Waals surface area (Å²) in [6, 6.07) is 9.09. The predicted octanol–water partition coefficient (Wildman–Crippen LogP) is 5.16. The molecule has 0 atom stereocenters. The molecule has 0 spiro atoms. The van der Waals surface area contributed by atoms with Crippen LogP contribution in [0.2, 0.25) is 0 Å². The standard InChI is InChI=1S/C27H21BrF3N7O3/c1-40-20-10-19(27(29,30)31)36-38(20)17-7-3-14(4-8-17)12-37-24-16(9-18(28)26(37)39)11-32-23(35-24)21-22(15-5-6-15)33-13-34-25(21)41-2/h3-4,7-11,13,15H,5-6,12H2,1-2H3. The molecule has 4 heterocycles. The second kappa shape index (κ2) is 10.3. The second-order valence-electron chi connectivity index (χ2n) is 9.42. The zero-order chi connectivity index (χ0) is 28.9. The van der Waals surface area contributed by atoms with Crippen molar-refractivity contribution in [3.05, 3.63) is 80.7 Å². The zero-order valence-electron chi connectivity index (χ0n) is 21.7. The molecule has 5 aromatic rings. The lowest BCUT2D eigenvalue weighted by Crippen LogP contribution is -2.23. The van der Waals surface area contributed by atoms with E-state index in [0.29, 0.717) is 44.0 Å². The topological polar surface area (TPSA) is 110 Å². The summed E-state index contributed by atoms with van der Waals surface area (Å²) in [6.45, 7) is 0.132. The van der Waals surface area contributed by atoms with Gasteiger partial charge >= 0.3 is 6.18 Å². The lowest BCUT2D eigenvalue weighted by Gasteiger charge is -2.14. The maximum Gasteiger partial charge on any atom is 0.435 e. The van der Waals surface area contributed by atoms with Gasteiger partial charge in [-0.2, -0.15) is 18.3 Å². The summed E-state index contributed by atoms with van der Waals surface area (Å²) in [5, 5.41) is 4.27. The van der Waals surface area contributed by atoms with Crippen LogP contribution in [0.25, 0.3) is 28.1 Å². The summed E-state index contributed by atoms with van der Waals surface area (Å²) >= 11 is 3.34. The maximum atomic E-state index is 13.3. The van der Waals surface area contributed by atoms with E-state index in [-0.39, 0.29) is 23.9 Å². The van der Waals surface area contributed by atoms with E-state index in [1.807, 2.05) is 0 Å². The van der Waals surface area contributed by atoms with Crippen molar-refractivity contribution in [2.75, 3.05) is 14.2 Å². The summed E-state index contributed by atoms with van der Waals surface area (Å²) in [4.78, 5) is 31.3. The predicted molar refractivity (Wildman–Crippen MR) is 145 cm³/mol. The molecule has 1 aliphatic carbocycles. The van der Waals surface area contributed by atoms with Crippen molar-refractivity contribution in [1.29, 1.82) is 0 Å². The molecule has 14 heteroatoms. The van der Waals surface area contributed by atoms with Gasteiger partial charge in [0.05, 0.1) is 36.6 Å². The molecule has 0 aliphatic heterocycles. The molecule has 1 fully saturated rings. The fourth-order valence-corrected chi connectivity index (χ4v) is 5.02. The molecular weight excluding hydrogens is 607 g/mol. The van der Waals surface area contributed by atoms with Crippen LogP contribution < -0.4 is 15.0 Å². The summed E-state index contributed by atoms with van der Waals surface area (Å²) in [5.41, 5.74) is 1.48. The van der Waals surface area contributed by atoms with Gasteiger partial charge in [-0.15, -0.1) is 0 Å². The summed E-state index contributed by atoms with van der Waals surface area (Å²) < 4.78 is 53.1. The van der Waals surface area contributed by atoms with Crippen LogP contribution in [0.1, 0.15) is 35.7 Å². The SMILES string of the molecule is COc1ncnc(C2CC2)c1-c1ncc2cc(Br)c(=O)n(Cc3ccc(-n4nc(C(F)(F)F)cc4OC)cc3)c2n1. The van der Waals surface area contributed by atoms with Gasteiger partial charge in [-0.25, -0.2) is 24.6 Å². The van der Waals surface area contributed by atoms with Gasteiger partial charge in [0.15, 0.2) is 11.5 Å². The first kappa shape index (κ1) is 26.9. The highest BCUT2D eigenvalue weighted by Gasteiger charge is 2.35. The Labute approximate surface area is 239 Å². The number of pyridine rings is 1. The highest BCUT2D eigenvalue weighted by Crippen LogP contribution is 2.45. The molecule has 1 saturated carbocycles. The molecule has 0 amide bonds. The van der Waals surface area contributed by atoms with E-state index in [0.717, 1.165) is 29.3 Å². The van der Waals surface area contributed by atoms with E-state index in [2.05, 4.69) is 36.0 Å². The third kappa shape index (κ3) is 5.03. The molecule has 1 aliphatic rings. The van der Waals surface area contributed by atoms with E-state index in [1.165, 1.54) is 25.1 Å². The molecule has 0 unspecified atom stereocenters. The molecule has 0 bridgehead atoms. The van der Waals surface area contributed by atoms with Crippen LogP contribution in [-0.4, -0.2) is 48.5 Å². The third-order valence-corrected chi connectivity index (χ3v) is 7.27. The van der Waals surface area contributed by atoms with Crippen molar-refractivity contribution in [1.82, 2.24) is 34.3 Å². The maximum absolute atomic E-state index is 13.3. The van der Waals surface area contributed by atoms with Gasteiger partial charge in [-0.1, -0.05) is 12.1 Å². The van der Waals surface area contributed by atoms with Crippen molar-refractivity contribution >= 4 is 27.0 Å². The van der Waals surface area contributed by atoms with Gasteiger partial charge in [-0.3, -0.25) is 9.36 Å². The first-order chi connectivity index (χ1) is 19.7. The lowest BCUT2D eigenvalue weighted by molar-refractivity contribution is -0.141. The van der Waals surface area contributed by atoms with Gasteiger partial charge in [-0.05, 0) is 52.5 Å². The molecule has 10 nitrogen and oxygen atoms in total. The minimum absolute atomic E-state index is 0.0607. The van der Waals surface area contributed by atoms with Crippen molar-refractivity contribution in [2.45, 2.75) is 31.5 Å². The Balaban J connectivity index is 1.40. The van der Waals surface area contributed by atoms with Crippen LogP contribution in [0.15, 0.2) is 58.2 Å². The number of hydrogen-bond donors (Lipinski definition) is 0. The van der Waals surface area contributed by atoms with Crippen molar-refractivity contribution in [3.63, 3.8) is 0 Å². The van der Waals surface area contributed by atoms with Crippen LogP contribution in [0.5, 0.6) is 11.8 Å². The Bertz CT molecular complexity index is 1830. The van der Waals surface area contributed by atoms with Gasteiger partial charge < -0.3 is 9.47 Å². The number of methoxy groups -OCH3 is 2. The highest BCUT2D eigenvalue weighted by molar-refractivity contribution is 9.10. The number of rotatable bonds is 7. The fourth-order valence-electron chi connectivity index (χ4n) is 4.56. The molecule has 0 radical (unpaired) electrons. The van der Waals surface area contributed by atoms with Gasteiger partial charge in [0, 0.05) is 23.6 Å². The van der Waals surface area contributed by atoms with Crippen molar-refractivity contribution in [3.8, 4) is 28.8 Å². The molecular formula is C27H21BrF3N7O3. The van der Waals surface area contributed by atoms with Crippen LogP contribution in [0.4, 0.5) is 13.2 Å². The van der Waals surface area contributed by atoms with Crippen molar-refractivity contribution in [2.24, 2.45) is 0 Å². The van der Waals surface area contributed by atoms with E-state index in [4.69, 9.17) is 14.5 Å². The molecule has 0 N–H and O–H groups in total. The van der Waals surface area contributed by atoms with Crippen LogP contribution in [-0.2, 0) is 12.7 Å². The zero-order valence-corrected chi connectivity index (χ0v) is 23.3. The molecule has 0 saturated heterocycles. The Hall–Kier alpha value is -4.33. The van der Waals surface area contributed by atoms with Crippen molar-refractivity contribution < 1.29 is 22.6 Å². The summed E-state index contributed by atoms with van der Waals surface area (Å²) in [6.07, 6.45) is 0.466. The molecule has 210 valence electrons. The Kier molecular flexibility index (Phi) is 6.72. The normalized spacial score (nSPS) is 13.5. The molecule has 4 aromatic heterocycles. The number of hydrogen-bond acceptors (Lipinski definition) is 8. The Morgan fingerprint density at radius 1 is 1.05 bits per heavy atom. The van der Waals surface area contributed by atoms with Crippen LogP contribution >= 0.6 is 15.9 Å². The number of halogens is 4. The Morgan fingerprint density at radius 3 is 2.46 bits per heavy atom. The monoisotopic (exact) mass is 627 g/mol. The first-order valence-electron chi connectivity index (χ1n) is 12.4. The molecule has 41 heavy (non-hydrogen) atoms. The van der Waals surface area contributed by atoms with Gasteiger partial charge in [0.1, 0.15) is 17.5 Å². The quantitative estimate of drug-likeness (QED) is 0.243. The number of ether oxygens (including phenoxy) is 2. The fraction of sp³-hybridized carbons (Fsp3) is 0.259. The van der Waals surface area contributed by atoms with E-state index in [1.54, 1.807) is 36.5 Å². The minimum Gasteiger partial charge on any atom is -0.481 e. The number of aromatic nitrogens is 7. The number of alkyl halides is 3. The van der Waals surface area contributed by atoms with Gasteiger partial charge in [0.25, 0.3) is 5.56 Å². The van der Waals surface area contributed by atoms with E-state index < -0.39 is 11.9 Å². The molecule has 1 aromatic carbocycles. The molecule has 6 rings (SSSR count). The Morgan fingerprint density at radius 2 is 1.80 bits per heavy atom. The third-order valence-electron chi connectivity index (χ3n) is 6.70. The smallest absolute Gasteiger partial charge is 0.435 e. The highest BCUT2D eigenvalue weighted by atomic mass is 79.9. The minimum atomic E-state index is -4.61. The second-order valence-corrected chi connectivity index (χ2v) is 10.3. The lowest BCUT2D eigenvalue weighted by atomic mass is 10.1. The summed E-state index contributed by atoms with van der Waals surface area (Å²) in [7, 11) is 2.79. The number of benzene rings is 1. The number of nitrogens with zero attached hydrogens (tertiary/aromatic N) is 7. The first-order valence-corrected chi connectivity index (χ1v) is 13.2. The largest absolute Gasteiger partial charge is 0.481 e. The van der Waals surface area contributed by atoms with E-state index >= 15 is 0 Å².